The molecule has 88 valence electrons. The molecule has 1 aromatic carbocycles. The highest BCUT2D eigenvalue weighted by molar-refractivity contribution is 7.13. The summed E-state index contributed by atoms with van der Waals surface area (Å²) in [5, 5.41) is 9.83. The van der Waals surface area contributed by atoms with Crippen LogP contribution in [0.3, 0.4) is 0 Å². The van der Waals surface area contributed by atoms with Crippen LogP contribution in [-0.2, 0) is 0 Å². The van der Waals surface area contributed by atoms with Crippen LogP contribution in [0, 0.1) is 6.92 Å². The molecule has 0 saturated heterocycles. The number of halogens is 2. The number of carboxylic acids is 1. The van der Waals surface area contributed by atoms with Crippen molar-refractivity contribution in [2.24, 2.45) is 0 Å². The predicted octanol–water partition coefficient (Wildman–Crippen LogP) is 4.12. The van der Waals surface area contributed by atoms with E-state index in [0.29, 0.717) is 15.7 Å². The maximum absolute atomic E-state index is 10.8. The fraction of sp³-hybridized carbons (Fsp3) is 0.0909. The summed E-state index contributed by atoms with van der Waals surface area (Å²) >= 11 is 12.9. The van der Waals surface area contributed by atoms with Gasteiger partial charge >= 0.3 is 5.97 Å². The summed E-state index contributed by atoms with van der Waals surface area (Å²) in [4.78, 5) is 15.7. The number of aryl methyl sites for hydroxylation is 1. The van der Waals surface area contributed by atoms with E-state index in [1.54, 1.807) is 18.2 Å². The first kappa shape index (κ1) is 12.4. The summed E-state index contributed by atoms with van der Waals surface area (Å²) in [6.07, 6.45) is 0. The van der Waals surface area contributed by atoms with Crippen LogP contribution < -0.4 is 0 Å². The third-order valence-corrected chi connectivity index (χ3v) is 3.87. The second-order valence-corrected chi connectivity index (χ2v) is 5.38. The zero-order valence-corrected chi connectivity index (χ0v) is 11.0. The van der Waals surface area contributed by atoms with E-state index in [0.717, 1.165) is 21.8 Å². The van der Waals surface area contributed by atoms with Crippen molar-refractivity contribution in [1.29, 1.82) is 0 Å². The molecule has 17 heavy (non-hydrogen) atoms. The third kappa shape index (κ3) is 2.44. The zero-order valence-electron chi connectivity index (χ0n) is 8.70. The van der Waals surface area contributed by atoms with E-state index in [1.165, 1.54) is 0 Å². The van der Waals surface area contributed by atoms with Gasteiger partial charge in [0.05, 0.1) is 15.7 Å². The molecular weight excluding hydrogens is 281 g/mol. The maximum atomic E-state index is 10.8. The van der Waals surface area contributed by atoms with Crippen molar-refractivity contribution < 1.29 is 9.90 Å². The first-order valence-corrected chi connectivity index (χ1v) is 6.22. The number of nitrogens with zero attached hydrogens (tertiary/aromatic N) is 1. The van der Waals surface area contributed by atoms with Gasteiger partial charge in [0, 0.05) is 10.4 Å². The normalized spacial score (nSPS) is 10.5. The van der Waals surface area contributed by atoms with E-state index in [2.05, 4.69) is 4.98 Å². The van der Waals surface area contributed by atoms with Crippen LogP contribution >= 0.6 is 34.5 Å². The first-order valence-electron chi connectivity index (χ1n) is 4.65. The molecule has 2 rings (SSSR count). The minimum absolute atomic E-state index is 0.0728. The minimum atomic E-state index is -1.02. The highest BCUT2D eigenvalue weighted by Crippen LogP contribution is 2.32. The van der Waals surface area contributed by atoms with Crippen molar-refractivity contribution in [2.45, 2.75) is 6.92 Å². The van der Waals surface area contributed by atoms with Gasteiger partial charge in [-0.2, -0.15) is 0 Å². The molecule has 2 aromatic rings. The third-order valence-electron chi connectivity index (χ3n) is 2.17. The summed E-state index contributed by atoms with van der Waals surface area (Å²) in [6.45, 7) is 1.82. The van der Waals surface area contributed by atoms with Gasteiger partial charge in [-0.25, -0.2) is 9.78 Å². The smallest absolute Gasteiger partial charge is 0.365 e. The topological polar surface area (TPSA) is 50.2 Å². The molecule has 0 amide bonds. The SMILES string of the molecule is Cc1sc(C(=O)O)nc1-c1ccc(Cl)c(Cl)c1. The van der Waals surface area contributed by atoms with Crippen molar-refractivity contribution in [3.05, 3.63) is 38.1 Å². The van der Waals surface area contributed by atoms with Crippen molar-refractivity contribution >= 4 is 40.5 Å². The van der Waals surface area contributed by atoms with Crippen LogP contribution in [-0.4, -0.2) is 16.1 Å². The molecule has 1 heterocycles. The fourth-order valence-corrected chi connectivity index (χ4v) is 2.47. The first-order chi connectivity index (χ1) is 7.99. The number of hydrogen-bond donors (Lipinski definition) is 1. The summed E-state index contributed by atoms with van der Waals surface area (Å²) in [5.41, 5.74) is 1.40. The Morgan fingerprint density at radius 2 is 2.06 bits per heavy atom. The summed E-state index contributed by atoms with van der Waals surface area (Å²) < 4.78 is 0. The Balaban J connectivity index is 2.52. The number of carbonyl (C=O) groups is 1. The quantitative estimate of drug-likeness (QED) is 0.904. The number of rotatable bonds is 2. The van der Waals surface area contributed by atoms with Crippen LogP contribution in [0.25, 0.3) is 11.3 Å². The molecule has 0 spiro atoms. The Morgan fingerprint density at radius 3 is 2.59 bits per heavy atom. The second-order valence-electron chi connectivity index (χ2n) is 3.36. The van der Waals surface area contributed by atoms with Crippen LogP contribution in [0.4, 0.5) is 0 Å². The average Bonchev–Trinajstić information content (AvgIpc) is 2.65. The fourth-order valence-electron chi connectivity index (χ4n) is 1.40. The molecule has 0 saturated carbocycles. The largest absolute Gasteiger partial charge is 0.476 e. The average molecular weight is 288 g/mol. The van der Waals surface area contributed by atoms with Gasteiger partial charge in [-0.1, -0.05) is 29.3 Å². The van der Waals surface area contributed by atoms with Crippen molar-refractivity contribution in [1.82, 2.24) is 4.98 Å². The van der Waals surface area contributed by atoms with Crippen molar-refractivity contribution in [3.63, 3.8) is 0 Å². The molecule has 3 nitrogen and oxygen atoms in total. The number of aromatic carboxylic acids is 1. The number of hydrogen-bond acceptors (Lipinski definition) is 3. The number of aromatic nitrogens is 1. The van der Waals surface area contributed by atoms with Gasteiger partial charge in [0.15, 0.2) is 0 Å². The number of thiazole rings is 1. The van der Waals surface area contributed by atoms with E-state index >= 15 is 0 Å². The summed E-state index contributed by atoms with van der Waals surface area (Å²) in [7, 11) is 0. The number of benzene rings is 1. The van der Waals surface area contributed by atoms with E-state index in [9.17, 15) is 4.79 Å². The van der Waals surface area contributed by atoms with Crippen molar-refractivity contribution in [2.75, 3.05) is 0 Å². The Bertz CT molecular complexity index is 595. The van der Waals surface area contributed by atoms with Crippen LogP contribution in [0.2, 0.25) is 10.0 Å². The molecule has 6 heteroatoms. The number of carboxylic acid groups (broad SMARTS) is 1. The van der Waals surface area contributed by atoms with Crippen LogP contribution in [0.5, 0.6) is 0 Å². The van der Waals surface area contributed by atoms with Gasteiger partial charge in [0.2, 0.25) is 5.01 Å². The second kappa shape index (κ2) is 4.64. The Hall–Kier alpha value is -1.10. The Kier molecular flexibility index (Phi) is 3.38. The van der Waals surface area contributed by atoms with Gasteiger partial charge in [-0.15, -0.1) is 11.3 Å². The highest BCUT2D eigenvalue weighted by Gasteiger charge is 2.15. The Morgan fingerprint density at radius 1 is 1.35 bits per heavy atom. The monoisotopic (exact) mass is 287 g/mol. The molecule has 0 aliphatic heterocycles. The Labute approximate surface area is 112 Å². The van der Waals surface area contributed by atoms with Gasteiger partial charge in [-0.05, 0) is 19.1 Å². The van der Waals surface area contributed by atoms with Gasteiger partial charge < -0.3 is 5.11 Å². The lowest BCUT2D eigenvalue weighted by Crippen LogP contribution is -1.94. The molecule has 0 unspecified atom stereocenters. The molecule has 0 radical (unpaired) electrons. The van der Waals surface area contributed by atoms with Crippen LogP contribution in [0.1, 0.15) is 14.7 Å². The lowest BCUT2D eigenvalue weighted by Gasteiger charge is -2.00. The molecule has 0 atom stereocenters. The highest BCUT2D eigenvalue weighted by atomic mass is 35.5. The van der Waals surface area contributed by atoms with Crippen molar-refractivity contribution in [3.8, 4) is 11.3 Å². The lowest BCUT2D eigenvalue weighted by molar-refractivity contribution is 0.0696. The molecular formula is C11H7Cl2NO2S. The minimum Gasteiger partial charge on any atom is -0.476 e. The van der Waals surface area contributed by atoms with Gasteiger partial charge in [-0.3, -0.25) is 0 Å². The molecule has 0 bridgehead atoms. The van der Waals surface area contributed by atoms with Gasteiger partial charge in [0.1, 0.15) is 0 Å². The molecule has 1 N–H and O–H groups in total. The predicted molar refractivity (Wildman–Crippen MR) is 69.3 cm³/mol. The van der Waals surface area contributed by atoms with Crippen LogP contribution in [0.15, 0.2) is 18.2 Å². The summed E-state index contributed by atoms with van der Waals surface area (Å²) in [5.74, 6) is -1.02. The maximum Gasteiger partial charge on any atom is 0.365 e. The van der Waals surface area contributed by atoms with Gasteiger partial charge in [0.25, 0.3) is 0 Å². The molecule has 0 fully saturated rings. The van der Waals surface area contributed by atoms with E-state index in [1.807, 2.05) is 6.92 Å². The molecule has 0 aliphatic carbocycles. The lowest BCUT2D eigenvalue weighted by atomic mass is 10.1. The molecule has 0 aliphatic rings. The standard InChI is InChI=1S/C11H7Cl2NO2S/c1-5-9(14-10(17-5)11(15)16)6-2-3-7(12)8(13)4-6/h2-4H,1H3,(H,15,16). The zero-order chi connectivity index (χ0) is 12.6. The molecule has 1 aromatic heterocycles. The van der Waals surface area contributed by atoms with E-state index < -0.39 is 5.97 Å². The van der Waals surface area contributed by atoms with E-state index in [4.69, 9.17) is 28.3 Å². The van der Waals surface area contributed by atoms with E-state index in [-0.39, 0.29) is 5.01 Å². The summed E-state index contributed by atoms with van der Waals surface area (Å²) in [6, 6.07) is 5.11.